The Bertz CT molecular complexity index is 443. The van der Waals surface area contributed by atoms with Gasteiger partial charge in [0.1, 0.15) is 0 Å². The number of benzene rings is 1. The highest BCUT2D eigenvalue weighted by Crippen LogP contribution is 2.24. The van der Waals surface area contributed by atoms with Crippen molar-refractivity contribution < 1.29 is 5.11 Å². The molecule has 1 aliphatic rings. The zero-order chi connectivity index (χ0) is 16.7. The molecule has 0 bridgehead atoms. The van der Waals surface area contributed by atoms with Crippen LogP contribution in [-0.2, 0) is 0 Å². The lowest BCUT2D eigenvalue weighted by atomic mass is 10.0. The Hall–Kier alpha value is -1.14. The van der Waals surface area contributed by atoms with E-state index in [4.69, 9.17) is 0 Å². The lowest BCUT2D eigenvalue weighted by Gasteiger charge is -2.37. The lowest BCUT2D eigenvalue weighted by Crippen LogP contribution is -2.47. The van der Waals surface area contributed by atoms with E-state index in [1.165, 1.54) is 11.3 Å². The molecule has 1 aromatic rings. The molecule has 1 aliphatic heterocycles. The molecule has 2 N–H and O–H groups in total. The number of aliphatic hydroxyl groups excluding tert-OH is 1. The van der Waals surface area contributed by atoms with Crippen molar-refractivity contribution in [3.63, 3.8) is 0 Å². The summed E-state index contributed by atoms with van der Waals surface area (Å²) in [4.78, 5) is 7.04. The first kappa shape index (κ1) is 18.2. The standard InChI is InChI=1S/C18H32N4O/c1-4-22(13-14-23)18(15-21-11-9-19-10-12-21)16-5-7-17(8-6-16)20(2)3/h5-8,18-19,23H,4,9-15H2,1-3H3. The van der Waals surface area contributed by atoms with E-state index in [9.17, 15) is 5.11 Å². The smallest absolute Gasteiger partial charge is 0.0558 e. The Morgan fingerprint density at radius 2 is 1.83 bits per heavy atom. The van der Waals surface area contributed by atoms with Crippen LogP contribution in [0.2, 0.25) is 0 Å². The normalized spacial score (nSPS) is 17.4. The van der Waals surface area contributed by atoms with E-state index in [0.717, 1.165) is 45.8 Å². The van der Waals surface area contributed by atoms with Crippen LogP contribution in [0.5, 0.6) is 0 Å². The number of hydrogen-bond acceptors (Lipinski definition) is 5. The highest BCUT2D eigenvalue weighted by Gasteiger charge is 2.23. The van der Waals surface area contributed by atoms with Gasteiger partial charge in [0, 0.05) is 65.1 Å². The number of nitrogens with one attached hydrogen (secondary N) is 1. The summed E-state index contributed by atoms with van der Waals surface area (Å²) in [7, 11) is 4.13. The van der Waals surface area contributed by atoms with Crippen LogP contribution in [0.1, 0.15) is 18.5 Å². The van der Waals surface area contributed by atoms with Crippen molar-refractivity contribution in [2.75, 3.05) is 71.4 Å². The summed E-state index contributed by atoms with van der Waals surface area (Å²) < 4.78 is 0. The molecule has 0 saturated carbocycles. The van der Waals surface area contributed by atoms with Gasteiger partial charge in [-0.2, -0.15) is 0 Å². The minimum absolute atomic E-state index is 0.210. The van der Waals surface area contributed by atoms with Crippen molar-refractivity contribution >= 4 is 5.69 Å². The summed E-state index contributed by atoms with van der Waals surface area (Å²) in [5.41, 5.74) is 2.56. The summed E-state index contributed by atoms with van der Waals surface area (Å²) in [6.45, 7) is 9.42. The fourth-order valence-corrected chi connectivity index (χ4v) is 3.23. The summed E-state index contributed by atoms with van der Waals surface area (Å²) in [6.07, 6.45) is 0. The highest BCUT2D eigenvalue weighted by molar-refractivity contribution is 5.46. The molecule has 1 fully saturated rings. The van der Waals surface area contributed by atoms with Gasteiger partial charge in [-0.25, -0.2) is 0 Å². The van der Waals surface area contributed by atoms with Crippen molar-refractivity contribution in [3.8, 4) is 0 Å². The van der Waals surface area contributed by atoms with E-state index in [1.807, 2.05) is 0 Å². The number of likely N-dealkylation sites (N-methyl/N-ethyl adjacent to an activating group) is 1. The fraction of sp³-hybridized carbons (Fsp3) is 0.667. The SMILES string of the molecule is CCN(CCO)C(CN1CCNCC1)c1ccc(N(C)C)cc1. The molecule has 1 unspecified atom stereocenters. The first-order valence-electron chi connectivity index (χ1n) is 8.71. The maximum atomic E-state index is 9.41. The summed E-state index contributed by atoms with van der Waals surface area (Å²) >= 11 is 0. The van der Waals surface area contributed by atoms with Crippen LogP contribution in [-0.4, -0.2) is 81.4 Å². The molecule has 1 heterocycles. The molecule has 23 heavy (non-hydrogen) atoms. The monoisotopic (exact) mass is 320 g/mol. The molecule has 0 aromatic heterocycles. The van der Waals surface area contributed by atoms with Gasteiger partial charge in [-0.15, -0.1) is 0 Å². The van der Waals surface area contributed by atoms with Crippen molar-refractivity contribution in [3.05, 3.63) is 29.8 Å². The van der Waals surface area contributed by atoms with Crippen LogP contribution in [0.3, 0.4) is 0 Å². The van der Waals surface area contributed by atoms with Crippen molar-refractivity contribution in [1.29, 1.82) is 0 Å². The Labute approximate surface area is 140 Å². The van der Waals surface area contributed by atoms with Gasteiger partial charge >= 0.3 is 0 Å². The lowest BCUT2D eigenvalue weighted by molar-refractivity contribution is 0.113. The van der Waals surface area contributed by atoms with Gasteiger partial charge < -0.3 is 15.3 Å². The first-order valence-corrected chi connectivity index (χ1v) is 8.71. The second kappa shape index (κ2) is 9.23. The molecule has 1 saturated heterocycles. The average Bonchev–Trinajstić information content (AvgIpc) is 2.59. The topological polar surface area (TPSA) is 42.0 Å². The second-order valence-corrected chi connectivity index (χ2v) is 6.40. The quantitative estimate of drug-likeness (QED) is 0.748. The molecule has 0 spiro atoms. The van der Waals surface area contributed by atoms with E-state index in [-0.39, 0.29) is 6.61 Å². The molecule has 0 amide bonds. The molecule has 2 rings (SSSR count). The first-order chi connectivity index (χ1) is 11.2. The third-order valence-electron chi connectivity index (χ3n) is 4.67. The van der Waals surface area contributed by atoms with Gasteiger partial charge in [-0.05, 0) is 24.2 Å². The minimum Gasteiger partial charge on any atom is -0.395 e. The Kier molecular flexibility index (Phi) is 7.30. The molecule has 0 radical (unpaired) electrons. The number of anilines is 1. The molecule has 130 valence electrons. The molecule has 5 nitrogen and oxygen atoms in total. The molecular formula is C18H32N4O. The molecule has 0 aliphatic carbocycles. The van der Waals surface area contributed by atoms with Crippen LogP contribution >= 0.6 is 0 Å². The Balaban J connectivity index is 2.16. The maximum Gasteiger partial charge on any atom is 0.0558 e. The van der Waals surface area contributed by atoms with Gasteiger partial charge in [0.25, 0.3) is 0 Å². The number of piperazine rings is 1. The summed E-state index contributed by atoms with van der Waals surface area (Å²) in [5.74, 6) is 0. The Morgan fingerprint density at radius 1 is 1.17 bits per heavy atom. The van der Waals surface area contributed by atoms with Crippen molar-refractivity contribution in [2.24, 2.45) is 0 Å². The van der Waals surface area contributed by atoms with E-state index in [1.54, 1.807) is 0 Å². The van der Waals surface area contributed by atoms with Crippen LogP contribution in [0, 0.1) is 0 Å². The maximum absolute atomic E-state index is 9.41. The van der Waals surface area contributed by atoms with Crippen LogP contribution < -0.4 is 10.2 Å². The summed E-state index contributed by atoms with van der Waals surface area (Å²) in [6, 6.07) is 9.19. The minimum atomic E-state index is 0.210. The zero-order valence-corrected chi connectivity index (χ0v) is 14.8. The third kappa shape index (κ3) is 5.18. The van der Waals surface area contributed by atoms with E-state index in [2.05, 4.69) is 65.3 Å². The molecule has 5 heteroatoms. The summed E-state index contributed by atoms with van der Waals surface area (Å²) in [5, 5.41) is 12.8. The van der Waals surface area contributed by atoms with Gasteiger partial charge in [0.05, 0.1) is 6.61 Å². The average molecular weight is 320 g/mol. The van der Waals surface area contributed by atoms with E-state index < -0.39 is 0 Å². The Morgan fingerprint density at radius 3 is 2.35 bits per heavy atom. The van der Waals surface area contributed by atoms with Crippen molar-refractivity contribution in [2.45, 2.75) is 13.0 Å². The zero-order valence-electron chi connectivity index (χ0n) is 14.8. The van der Waals surface area contributed by atoms with E-state index in [0.29, 0.717) is 6.04 Å². The fourth-order valence-electron chi connectivity index (χ4n) is 3.23. The van der Waals surface area contributed by atoms with Gasteiger partial charge in [0.15, 0.2) is 0 Å². The van der Waals surface area contributed by atoms with Gasteiger partial charge in [-0.1, -0.05) is 19.1 Å². The third-order valence-corrected chi connectivity index (χ3v) is 4.67. The second-order valence-electron chi connectivity index (χ2n) is 6.40. The van der Waals surface area contributed by atoms with Gasteiger partial charge in [0.2, 0.25) is 0 Å². The number of hydrogen-bond donors (Lipinski definition) is 2. The predicted molar refractivity (Wildman–Crippen MR) is 97.2 cm³/mol. The predicted octanol–water partition coefficient (Wildman–Crippen LogP) is 1.01. The number of aliphatic hydroxyl groups is 1. The van der Waals surface area contributed by atoms with E-state index >= 15 is 0 Å². The van der Waals surface area contributed by atoms with Gasteiger partial charge in [-0.3, -0.25) is 9.80 Å². The van der Waals surface area contributed by atoms with Crippen molar-refractivity contribution in [1.82, 2.24) is 15.1 Å². The van der Waals surface area contributed by atoms with Crippen LogP contribution in [0.15, 0.2) is 24.3 Å². The molecular weight excluding hydrogens is 288 g/mol. The number of nitrogens with zero attached hydrogens (tertiary/aromatic N) is 3. The molecule has 1 atom stereocenters. The number of rotatable bonds is 8. The largest absolute Gasteiger partial charge is 0.395 e. The molecule has 1 aromatic carbocycles. The van der Waals surface area contributed by atoms with Crippen LogP contribution in [0.25, 0.3) is 0 Å². The highest BCUT2D eigenvalue weighted by atomic mass is 16.3. The van der Waals surface area contributed by atoms with Crippen LogP contribution in [0.4, 0.5) is 5.69 Å².